The van der Waals surface area contributed by atoms with Crippen LogP contribution in [-0.4, -0.2) is 22.7 Å². The van der Waals surface area contributed by atoms with E-state index >= 15 is 0 Å². The third-order valence-corrected chi connectivity index (χ3v) is 4.43. The fraction of sp³-hybridized carbons (Fsp3) is 0.318. The van der Waals surface area contributed by atoms with E-state index in [0.29, 0.717) is 12.4 Å². The number of carbonyl (C=O) groups is 1. The zero-order valence-electron chi connectivity index (χ0n) is 15.8. The van der Waals surface area contributed by atoms with Crippen LogP contribution in [0.15, 0.2) is 54.6 Å². The number of aryl methyl sites for hydroxylation is 1. The molecule has 1 aromatic heterocycles. The zero-order valence-corrected chi connectivity index (χ0v) is 15.8. The van der Waals surface area contributed by atoms with Gasteiger partial charge in [-0.1, -0.05) is 36.4 Å². The van der Waals surface area contributed by atoms with Gasteiger partial charge < -0.3 is 14.0 Å². The van der Waals surface area contributed by atoms with Gasteiger partial charge in [0.05, 0.1) is 12.1 Å². The summed E-state index contributed by atoms with van der Waals surface area (Å²) in [7, 11) is 0. The Kier molecular flexibility index (Phi) is 5.03. The van der Waals surface area contributed by atoms with Crippen molar-refractivity contribution in [3.8, 4) is 5.75 Å². The third kappa shape index (κ3) is 3.59. The van der Waals surface area contributed by atoms with E-state index in [1.165, 1.54) is 5.56 Å². The van der Waals surface area contributed by atoms with Crippen molar-refractivity contribution in [1.82, 2.24) is 4.57 Å². The Bertz CT molecular complexity index is 910. The van der Waals surface area contributed by atoms with Gasteiger partial charge in [-0.2, -0.15) is 0 Å². The molecule has 0 radical (unpaired) electrons. The molecule has 4 nitrogen and oxygen atoms in total. The van der Waals surface area contributed by atoms with Crippen LogP contribution < -0.4 is 4.74 Å². The van der Waals surface area contributed by atoms with Crippen molar-refractivity contribution in [3.63, 3.8) is 0 Å². The lowest BCUT2D eigenvalue weighted by Crippen LogP contribution is -2.39. The Morgan fingerprint density at radius 2 is 1.81 bits per heavy atom. The minimum atomic E-state index is -1.04. The number of nitrogens with zero attached hydrogens (tertiary/aromatic N) is 1. The molecule has 3 rings (SSSR count). The molecule has 1 heterocycles. The Morgan fingerprint density at radius 3 is 2.50 bits per heavy atom. The average Bonchev–Trinajstić information content (AvgIpc) is 2.93. The molecule has 0 spiro atoms. The molecular formula is C22H25NO3. The van der Waals surface area contributed by atoms with Crippen molar-refractivity contribution in [1.29, 1.82) is 0 Å². The Morgan fingerprint density at radius 1 is 1.08 bits per heavy atom. The number of fused-ring (bicyclic) bond motifs is 1. The van der Waals surface area contributed by atoms with Gasteiger partial charge in [0.1, 0.15) is 5.75 Å². The number of benzene rings is 2. The summed E-state index contributed by atoms with van der Waals surface area (Å²) in [4.78, 5) is 12.2. The first-order valence-electron chi connectivity index (χ1n) is 8.91. The minimum absolute atomic E-state index is 0.336. The number of carbonyl (C=O) groups excluding carboxylic acids is 1. The molecule has 26 heavy (non-hydrogen) atoms. The summed E-state index contributed by atoms with van der Waals surface area (Å²) < 4.78 is 13.4. The van der Waals surface area contributed by atoms with E-state index in [0.717, 1.165) is 23.1 Å². The fourth-order valence-corrected chi connectivity index (χ4v) is 3.08. The molecule has 4 heteroatoms. The highest BCUT2D eigenvalue weighted by molar-refractivity contribution is 5.88. The van der Waals surface area contributed by atoms with Crippen molar-refractivity contribution in [2.75, 3.05) is 6.61 Å². The highest BCUT2D eigenvalue weighted by Crippen LogP contribution is 2.32. The van der Waals surface area contributed by atoms with Crippen molar-refractivity contribution in [2.45, 2.75) is 39.8 Å². The number of hydrogen-bond donors (Lipinski definition) is 0. The van der Waals surface area contributed by atoms with Gasteiger partial charge in [-0.25, -0.2) is 4.79 Å². The summed E-state index contributed by atoms with van der Waals surface area (Å²) >= 11 is 0. The molecule has 0 saturated heterocycles. The Labute approximate surface area is 154 Å². The minimum Gasteiger partial charge on any atom is -0.475 e. The monoisotopic (exact) mass is 351 g/mol. The highest BCUT2D eigenvalue weighted by atomic mass is 16.6. The summed E-state index contributed by atoms with van der Waals surface area (Å²) in [6.07, 6.45) is 0. The van der Waals surface area contributed by atoms with Gasteiger partial charge >= 0.3 is 5.97 Å². The second kappa shape index (κ2) is 7.24. The molecule has 0 unspecified atom stereocenters. The normalized spacial score (nSPS) is 11.5. The molecule has 0 aliphatic rings. The van der Waals surface area contributed by atoms with Gasteiger partial charge in [-0.05, 0) is 51.5 Å². The zero-order chi connectivity index (χ0) is 18.7. The van der Waals surface area contributed by atoms with Crippen LogP contribution in [-0.2, 0) is 16.1 Å². The number of hydrogen-bond acceptors (Lipinski definition) is 3. The van der Waals surface area contributed by atoms with E-state index in [9.17, 15) is 4.79 Å². The van der Waals surface area contributed by atoms with Crippen LogP contribution in [0.2, 0.25) is 0 Å². The van der Waals surface area contributed by atoms with Crippen LogP contribution in [0.25, 0.3) is 10.9 Å². The smallest absolute Gasteiger partial charge is 0.349 e. The Hall–Kier alpha value is -2.75. The van der Waals surface area contributed by atoms with E-state index in [4.69, 9.17) is 9.47 Å². The quantitative estimate of drug-likeness (QED) is 0.604. The molecule has 0 bridgehead atoms. The van der Waals surface area contributed by atoms with Crippen molar-refractivity contribution in [3.05, 3.63) is 65.9 Å². The average molecular weight is 351 g/mol. The summed E-state index contributed by atoms with van der Waals surface area (Å²) in [6.45, 7) is 8.48. The van der Waals surface area contributed by atoms with Gasteiger partial charge in [0.15, 0.2) is 5.60 Å². The van der Waals surface area contributed by atoms with Crippen LogP contribution in [0, 0.1) is 6.92 Å². The van der Waals surface area contributed by atoms with E-state index in [-0.39, 0.29) is 5.97 Å². The molecule has 0 amide bonds. The molecule has 3 aromatic rings. The van der Waals surface area contributed by atoms with Crippen molar-refractivity contribution in [2.24, 2.45) is 0 Å². The van der Waals surface area contributed by atoms with Crippen LogP contribution in [0.5, 0.6) is 5.75 Å². The van der Waals surface area contributed by atoms with Crippen LogP contribution in [0.3, 0.4) is 0 Å². The summed E-state index contributed by atoms with van der Waals surface area (Å²) in [6, 6.07) is 18.4. The summed E-state index contributed by atoms with van der Waals surface area (Å²) in [5.74, 6) is 0.327. The first kappa shape index (κ1) is 18.1. The third-order valence-electron chi connectivity index (χ3n) is 4.43. The first-order valence-corrected chi connectivity index (χ1v) is 8.91. The van der Waals surface area contributed by atoms with Crippen LogP contribution in [0.1, 0.15) is 32.0 Å². The van der Waals surface area contributed by atoms with Gasteiger partial charge in [0.2, 0.25) is 0 Å². The van der Waals surface area contributed by atoms with Crippen LogP contribution in [0.4, 0.5) is 0 Å². The molecule has 136 valence electrons. The maximum Gasteiger partial charge on any atom is 0.349 e. The number of aromatic nitrogens is 1. The molecule has 2 aromatic carbocycles. The van der Waals surface area contributed by atoms with E-state index in [1.807, 2.05) is 30.3 Å². The number of rotatable bonds is 6. The largest absolute Gasteiger partial charge is 0.475 e. The van der Waals surface area contributed by atoms with Gasteiger partial charge in [-0.3, -0.25) is 0 Å². The maximum absolute atomic E-state index is 12.2. The van der Waals surface area contributed by atoms with Crippen molar-refractivity contribution >= 4 is 16.9 Å². The predicted octanol–water partition coefficient (Wildman–Crippen LogP) is 4.72. The predicted molar refractivity (Wildman–Crippen MR) is 104 cm³/mol. The van der Waals surface area contributed by atoms with E-state index in [2.05, 4.69) is 35.8 Å². The highest BCUT2D eigenvalue weighted by Gasteiger charge is 2.32. The summed E-state index contributed by atoms with van der Waals surface area (Å²) in [5.41, 5.74) is 2.43. The first-order chi connectivity index (χ1) is 12.4. The molecular weight excluding hydrogens is 326 g/mol. The lowest BCUT2D eigenvalue weighted by atomic mass is 10.1. The van der Waals surface area contributed by atoms with Gasteiger partial charge in [-0.15, -0.1) is 0 Å². The van der Waals surface area contributed by atoms with E-state index in [1.54, 1.807) is 20.8 Å². The van der Waals surface area contributed by atoms with Crippen molar-refractivity contribution < 1.29 is 14.3 Å². The topological polar surface area (TPSA) is 40.5 Å². The second-order valence-corrected chi connectivity index (χ2v) is 6.88. The Balaban J connectivity index is 1.97. The molecule has 0 aliphatic heterocycles. The second-order valence-electron chi connectivity index (χ2n) is 6.88. The lowest BCUT2D eigenvalue weighted by Gasteiger charge is -2.24. The molecule has 0 saturated carbocycles. The number of esters is 1. The number of ether oxygens (including phenoxy) is 2. The van der Waals surface area contributed by atoms with Gasteiger partial charge in [0, 0.05) is 17.6 Å². The molecule has 0 N–H and O–H groups in total. The van der Waals surface area contributed by atoms with Gasteiger partial charge in [0.25, 0.3) is 0 Å². The van der Waals surface area contributed by atoms with Crippen LogP contribution >= 0.6 is 0 Å². The molecule has 0 fully saturated rings. The fourth-order valence-electron chi connectivity index (χ4n) is 3.08. The molecule has 0 aliphatic carbocycles. The lowest BCUT2D eigenvalue weighted by molar-refractivity contribution is -0.158. The maximum atomic E-state index is 12.2. The molecule has 0 atom stereocenters. The summed E-state index contributed by atoms with van der Waals surface area (Å²) in [5, 5.41) is 0.998. The SMILES string of the molecule is CCOC(=O)C(C)(C)Oc1cccc2c1cc(C)n2Cc1ccccc1. The standard InChI is InChI=1S/C22H25NO3/c1-5-25-21(24)22(3,4)26-20-13-9-12-19-18(20)14-16(2)23(19)15-17-10-7-6-8-11-17/h6-14H,5,15H2,1-4H3. The van der Waals surface area contributed by atoms with E-state index < -0.39 is 5.60 Å².